The van der Waals surface area contributed by atoms with Crippen LogP contribution in [0, 0.1) is 23.2 Å². The van der Waals surface area contributed by atoms with Gasteiger partial charge in [0.2, 0.25) is 5.91 Å². The molecule has 0 radical (unpaired) electrons. The van der Waals surface area contributed by atoms with E-state index < -0.39 is 5.54 Å². The first-order valence-corrected chi connectivity index (χ1v) is 11.6. The fourth-order valence-corrected chi connectivity index (χ4v) is 6.59. The van der Waals surface area contributed by atoms with Crippen molar-refractivity contribution in [3.63, 3.8) is 0 Å². The highest BCUT2D eigenvalue weighted by Crippen LogP contribution is 2.59. The average Bonchev–Trinajstić information content (AvgIpc) is 3.11. The standard InChI is InChI=1S/C24H36N4O4/c1-15(30)27-23(2,3)5-6-28-20(13-32-4)19(12-25-28)22(31)26-21-17-7-16-8-18(21)11-24(9-16,10-17)14-29/h5-6,12,16-18,21,29H,7-11,13-14H2,1-4H3,(H,26,31)(H,27,30). The Morgan fingerprint density at radius 1 is 1.31 bits per heavy atom. The summed E-state index contributed by atoms with van der Waals surface area (Å²) in [6, 6.07) is 0.159. The molecule has 4 fully saturated rings. The number of hydrogen-bond acceptors (Lipinski definition) is 5. The van der Waals surface area contributed by atoms with E-state index in [2.05, 4.69) is 15.7 Å². The number of carbonyl (C=O) groups excluding carboxylic acids is 2. The zero-order chi connectivity index (χ0) is 23.1. The summed E-state index contributed by atoms with van der Waals surface area (Å²) in [6.45, 7) is 5.78. The van der Waals surface area contributed by atoms with E-state index in [1.807, 2.05) is 19.9 Å². The van der Waals surface area contributed by atoms with Crippen molar-refractivity contribution >= 4 is 18.0 Å². The summed E-state index contributed by atoms with van der Waals surface area (Å²) in [7, 11) is 1.59. The molecule has 3 N–H and O–H groups in total. The molecule has 4 bridgehead atoms. The van der Waals surface area contributed by atoms with Gasteiger partial charge < -0.3 is 20.5 Å². The predicted octanol–water partition coefficient (Wildman–Crippen LogP) is 2.33. The van der Waals surface area contributed by atoms with Gasteiger partial charge in [0.05, 0.1) is 29.6 Å². The van der Waals surface area contributed by atoms with Gasteiger partial charge in [0.1, 0.15) is 0 Å². The lowest BCUT2D eigenvalue weighted by atomic mass is 9.48. The van der Waals surface area contributed by atoms with Gasteiger partial charge in [0, 0.05) is 32.9 Å². The normalized spacial score (nSPS) is 31.3. The second kappa shape index (κ2) is 8.63. The van der Waals surface area contributed by atoms with Crippen LogP contribution in [0.3, 0.4) is 0 Å². The molecule has 2 unspecified atom stereocenters. The molecule has 176 valence electrons. The minimum atomic E-state index is -0.548. The maximum absolute atomic E-state index is 13.3. The first-order chi connectivity index (χ1) is 15.1. The van der Waals surface area contributed by atoms with Crippen LogP contribution < -0.4 is 10.6 Å². The molecule has 32 heavy (non-hydrogen) atoms. The van der Waals surface area contributed by atoms with Crippen LogP contribution in [-0.4, -0.2) is 52.0 Å². The fourth-order valence-electron chi connectivity index (χ4n) is 6.59. The first-order valence-electron chi connectivity index (χ1n) is 11.6. The Labute approximate surface area is 189 Å². The van der Waals surface area contributed by atoms with Crippen LogP contribution in [0.25, 0.3) is 6.20 Å². The number of aromatic nitrogens is 2. The zero-order valence-corrected chi connectivity index (χ0v) is 19.6. The van der Waals surface area contributed by atoms with Gasteiger partial charge in [-0.05, 0) is 75.2 Å². The minimum Gasteiger partial charge on any atom is -0.396 e. The van der Waals surface area contributed by atoms with Crippen LogP contribution in [0.1, 0.15) is 68.9 Å². The highest BCUT2D eigenvalue weighted by Gasteiger charge is 2.55. The maximum Gasteiger partial charge on any atom is 0.255 e. The van der Waals surface area contributed by atoms with E-state index >= 15 is 0 Å². The van der Waals surface area contributed by atoms with Crippen molar-refractivity contribution in [2.75, 3.05) is 13.7 Å². The van der Waals surface area contributed by atoms with Crippen molar-refractivity contribution in [2.45, 2.75) is 71.1 Å². The van der Waals surface area contributed by atoms with Gasteiger partial charge in [0.25, 0.3) is 5.91 Å². The third kappa shape index (κ3) is 4.48. The highest BCUT2D eigenvalue weighted by atomic mass is 16.5. The summed E-state index contributed by atoms with van der Waals surface area (Å²) < 4.78 is 6.99. The van der Waals surface area contributed by atoms with Gasteiger partial charge in [-0.3, -0.25) is 9.59 Å². The van der Waals surface area contributed by atoms with E-state index in [-0.39, 0.29) is 36.5 Å². The lowest BCUT2D eigenvalue weighted by Crippen LogP contribution is -2.60. The van der Waals surface area contributed by atoms with Crippen LogP contribution in [0.5, 0.6) is 0 Å². The molecule has 8 nitrogen and oxygen atoms in total. The van der Waals surface area contributed by atoms with Gasteiger partial charge >= 0.3 is 0 Å². The summed E-state index contributed by atoms with van der Waals surface area (Å²) in [5, 5.41) is 20.6. The van der Waals surface area contributed by atoms with Gasteiger partial charge in [0.15, 0.2) is 0 Å². The number of aliphatic hydroxyl groups is 1. The molecule has 0 aliphatic heterocycles. The molecule has 5 rings (SSSR count). The number of nitrogens with zero attached hydrogens (tertiary/aromatic N) is 2. The predicted molar refractivity (Wildman–Crippen MR) is 120 cm³/mol. The topological polar surface area (TPSA) is 105 Å². The number of nitrogens with one attached hydrogen (secondary N) is 2. The van der Waals surface area contributed by atoms with Gasteiger partial charge in [-0.2, -0.15) is 5.10 Å². The van der Waals surface area contributed by atoms with Crippen molar-refractivity contribution in [3.8, 4) is 0 Å². The van der Waals surface area contributed by atoms with Crippen molar-refractivity contribution in [1.29, 1.82) is 0 Å². The van der Waals surface area contributed by atoms with E-state index in [9.17, 15) is 14.7 Å². The molecule has 2 amide bonds. The van der Waals surface area contributed by atoms with Crippen LogP contribution in [0.4, 0.5) is 0 Å². The SMILES string of the molecule is COCc1c(C(=O)NC2C3CC4CC2CC(CO)(C4)C3)cnn1C=CC(C)(C)NC(C)=O. The lowest BCUT2D eigenvalue weighted by Gasteiger charge is -2.59. The molecular weight excluding hydrogens is 408 g/mol. The minimum absolute atomic E-state index is 0.0787. The monoisotopic (exact) mass is 444 g/mol. The molecule has 2 atom stereocenters. The molecule has 1 aromatic rings. The molecule has 0 spiro atoms. The molecule has 4 saturated carbocycles. The third-order valence-electron chi connectivity index (χ3n) is 7.59. The Kier molecular flexibility index (Phi) is 6.20. The van der Waals surface area contributed by atoms with Crippen molar-refractivity contribution in [1.82, 2.24) is 20.4 Å². The van der Waals surface area contributed by atoms with Crippen LogP contribution >= 0.6 is 0 Å². The number of carbonyl (C=O) groups is 2. The molecule has 4 aliphatic carbocycles. The van der Waals surface area contributed by atoms with Crippen LogP contribution in [-0.2, 0) is 16.1 Å². The molecule has 0 saturated heterocycles. The van der Waals surface area contributed by atoms with E-state index in [1.165, 1.54) is 6.92 Å². The number of amides is 2. The smallest absolute Gasteiger partial charge is 0.255 e. The average molecular weight is 445 g/mol. The van der Waals surface area contributed by atoms with E-state index in [4.69, 9.17) is 4.74 Å². The second-order valence-electron chi connectivity index (χ2n) is 10.7. The Morgan fingerprint density at radius 3 is 2.59 bits per heavy atom. The van der Waals surface area contributed by atoms with Gasteiger partial charge in [-0.1, -0.05) is 0 Å². The summed E-state index contributed by atoms with van der Waals surface area (Å²) >= 11 is 0. The Bertz CT molecular complexity index is 890. The van der Waals surface area contributed by atoms with Crippen LogP contribution in [0.15, 0.2) is 12.3 Å². The van der Waals surface area contributed by atoms with E-state index in [0.717, 1.165) is 32.1 Å². The fraction of sp³-hybridized carbons (Fsp3) is 0.708. The Hall–Kier alpha value is -2.19. The number of ether oxygens (including phenoxy) is 1. The lowest BCUT2D eigenvalue weighted by molar-refractivity contribution is -0.120. The second-order valence-corrected chi connectivity index (χ2v) is 10.7. The molecular formula is C24H36N4O4. The summed E-state index contributed by atoms with van der Waals surface area (Å²) in [6.07, 6.45) is 10.6. The Balaban J connectivity index is 1.50. The highest BCUT2D eigenvalue weighted by molar-refractivity contribution is 5.95. The van der Waals surface area contributed by atoms with E-state index in [1.54, 1.807) is 24.2 Å². The summed E-state index contributed by atoms with van der Waals surface area (Å²) in [5.74, 6) is 1.34. The van der Waals surface area contributed by atoms with Gasteiger partial charge in [-0.15, -0.1) is 0 Å². The number of rotatable bonds is 8. The number of aliphatic hydroxyl groups excluding tert-OH is 1. The molecule has 1 aromatic heterocycles. The molecule has 0 aromatic carbocycles. The third-order valence-corrected chi connectivity index (χ3v) is 7.59. The van der Waals surface area contributed by atoms with Crippen molar-refractivity contribution < 1.29 is 19.4 Å². The number of hydrogen-bond donors (Lipinski definition) is 3. The van der Waals surface area contributed by atoms with Crippen LogP contribution in [0.2, 0.25) is 0 Å². The largest absolute Gasteiger partial charge is 0.396 e. The van der Waals surface area contributed by atoms with Crippen molar-refractivity contribution in [2.24, 2.45) is 23.2 Å². The molecule has 8 heteroatoms. The zero-order valence-electron chi connectivity index (χ0n) is 19.6. The number of methoxy groups -OCH3 is 1. The van der Waals surface area contributed by atoms with E-state index in [0.29, 0.717) is 29.0 Å². The summed E-state index contributed by atoms with van der Waals surface area (Å²) in [5.41, 5.74) is 0.721. The van der Waals surface area contributed by atoms with Crippen molar-refractivity contribution in [3.05, 3.63) is 23.5 Å². The summed E-state index contributed by atoms with van der Waals surface area (Å²) in [4.78, 5) is 24.7. The Morgan fingerprint density at radius 2 is 2.00 bits per heavy atom. The van der Waals surface area contributed by atoms with Gasteiger partial charge in [-0.25, -0.2) is 4.68 Å². The quantitative estimate of drug-likeness (QED) is 0.571. The maximum atomic E-state index is 13.3. The molecule has 4 aliphatic rings. The molecule has 1 heterocycles. The first kappa shape index (κ1) is 23.0.